The normalized spacial score (nSPS) is 12.8. The van der Waals surface area contributed by atoms with Gasteiger partial charge in [-0.2, -0.15) is 0 Å². The standard InChI is InChI=1S/C18H27NO/c1-4-7-8-15(5-2)14-19-12-11-16-13-17(20-6-3)9-10-18(16)19/h9-13,15H,4-8,14H2,1-3H3. The molecule has 1 unspecified atom stereocenters. The minimum absolute atomic E-state index is 0.723. The van der Waals surface area contributed by atoms with Crippen molar-refractivity contribution in [2.45, 2.75) is 53.0 Å². The third kappa shape index (κ3) is 3.56. The van der Waals surface area contributed by atoms with Crippen LogP contribution < -0.4 is 4.74 Å². The lowest BCUT2D eigenvalue weighted by Gasteiger charge is -2.16. The van der Waals surface area contributed by atoms with Crippen molar-refractivity contribution in [1.29, 1.82) is 0 Å². The number of benzene rings is 1. The van der Waals surface area contributed by atoms with Gasteiger partial charge in [-0.15, -0.1) is 0 Å². The van der Waals surface area contributed by atoms with Gasteiger partial charge in [-0.3, -0.25) is 0 Å². The van der Waals surface area contributed by atoms with Crippen molar-refractivity contribution >= 4 is 10.9 Å². The van der Waals surface area contributed by atoms with Gasteiger partial charge in [-0.05, 0) is 43.5 Å². The van der Waals surface area contributed by atoms with Crippen LogP contribution in [0.25, 0.3) is 10.9 Å². The van der Waals surface area contributed by atoms with E-state index in [1.807, 2.05) is 6.92 Å². The predicted octanol–water partition coefficient (Wildman–Crippen LogP) is 5.26. The second-order valence-electron chi connectivity index (χ2n) is 5.54. The first-order valence-electron chi connectivity index (χ1n) is 8.00. The number of rotatable bonds is 8. The Bertz CT molecular complexity index is 529. The van der Waals surface area contributed by atoms with Gasteiger partial charge < -0.3 is 9.30 Å². The van der Waals surface area contributed by atoms with Gasteiger partial charge in [0.1, 0.15) is 5.75 Å². The van der Waals surface area contributed by atoms with E-state index in [9.17, 15) is 0 Å². The van der Waals surface area contributed by atoms with Crippen LogP contribution in [-0.2, 0) is 6.54 Å². The highest BCUT2D eigenvalue weighted by molar-refractivity contribution is 5.81. The van der Waals surface area contributed by atoms with Crippen LogP contribution in [0.15, 0.2) is 30.5 Å². The van der Waals surface area contributed by atoms with Gasteiger partial charge in [0.05, 0.1) is 6.61 Å². The molecule has 0 bridgehead atoms. The highest BCUT2D eigenvalue weighted by atomic mass is 16.5. The summed E-state index contributed by atoms with van der Waals surface area (Å²) in [6.45, 7) is 8.45. The highest BCUT2D eigenvalue weighted by Gasteiger charge is 2.09. The fourth-order valence-corrected chi connectivity index (χ4v) is 2.79. The zero-order valence-electron chi connectivity index (χ0n) is 13.1. The molecule has 0 saturated carbocycles. The molecule has 110 valence electrons. The molecule has 2 aromatic rings. The number of fused-ring (bicyclic) bond motifs is 1. The van der Waals surface area contributed by atoms with Crippen molar-refractivity contribution in [2.75, 3.05) is 6.61 Å². The highest BCUT2D eigenvalue weighted by Crippen LogP contribution is 2.24. The SMILES string of the molecule is CCCCC(CC)Cn1ccc2cc(OCC)ccc21. The molecule has 0 aliphatic heterocycles. The van der Waals surface area contributed by atoms with Crippen LogP contribution in [0, 0.1) is 5.92 Å². The molecule has 1 atom stereocenters. The summed E-state index contributed by atoms with van der Waals surface area (Å²) in [6.07, 6.45) is 7.45. The van der Waals surface area contributed by atoms with E-state index in [1.165, 1.54) is 36.6 Å². The smallest absolute Gasteiger partial charge is 0.120 e. The molecule has 0 aliphatic carbocycles. The average Bonchev–Trinajstić information content (AvgIpc) is 2.86. The minimum Gasteiger partial charge on any atom is -0.494 e. The number of hydrogen-bond acceptors (Lipinski definition) is 1. The van der Waals surface area contributed by atoms with Crippen LogP contribution in [0.3, 0.4) is 0 Å². The van der Waals surface area contributed by atoms with Crippen molar-refractivity contribution in [3.63, 3.8) is 0 Å². The topological polar surface area (TPSA) is 14.2 Å². The second kappa shape index (κ2) is 7.37. The van der Waals surface area contributed by atoms with Crippen molar-refractivity contribution in [3.05, 3.63) is 30.5 Å². The van der Waals surface area contributed by atoms with Gasteiger partial charge in [-0.25, -0.2) is 0 Å². The van der Waals surface area contributed by atoms with Crippen LogP contribution in [0.4, 0.5) is 0 Å². The molecule has 0 N–H and O–H groups in total. The van der Waals surface area contributed by atoms with Crippen LogP contribution in [0.1, 0.15) is 46.5 Å². The van der Waals surface area contributed by atoms with E-state index in [2.05, 4.69) is 48.9 Å². The van der Waals surface area contributed by atoms with E-state index in [0.29, 0.717) is 0 Å². The molecule has 0 fully saturated rings. The summed E-state index contributed by atoms with van der Waals surface area (Å²) in [4.78, 5) is 0. The fraction of sp³-hybridized carbons (Fsp3) is 0.556. The molecule has 1 aromatic heterocycles. The Hall–Kier alpha value is -1.44. The summed E-state index contributed by atoms with van der Waals surface area (Å²) in [7, 11) is 0. The third-order valence-corrected chi connectivity index (χ3v) is 4.05. The number of aromatic nitrogens is 1. The monoisotopic (exact) mass is 273 g/mol. The third-order valence-electron chi connectivity index (χ3n) is 4.05. The van der Waals surface area contributed by atoms with Gasteiger partial charge in [0, 0.05) is 23.6 Å². The van der Waals surface area contributed by atoms with E-state index in [-0.39, 0.29) is 0 Å². The molecule has 0 radical (unpaired) electrons. The van der Waals surface area contributed by atoms with E-state index in [4.69, 9.17) is 4.74 Å². The van der Waals surface area contributed by atoms with Gasteiger partial charge in [-0.1, -0.05) is 33.1 Å². The minimum atomic E-state index is 0.723. The van der Waals surface area contributed by atoms with Crippen molar-refractivity contribution in [2.24, 2.45) is 5.92 Å². The van der Waals surface area contributed by atoms with Crippen molar-refractivity contribution < 1.29 is 4.74 Å². The molecule has 2 rings (SSSR count). The lowest BCUT2D eigenvalue weighted by atomic mass is 9.99. The summed E-state index contributed by atoms with van der Waals surface area (Å²) >= 11 is 0. The molecule has 0 amide bonds. The summed E-state index contributed by atoms with van der Waals surface area (Å²) in [5.74, 6) is 1.76. The molecule has 2 nitrogen and oxygen atoms in total. The summed E-state index contributed by atoms with van der Waals surface area (Å²) in [5.41, 5.74) is 1.32. The Balaban J connectivity index is 2.14. The van der Waals surface area contributed by atoms with Gasteiger partial charge >= 0.3 is 0 Å². The molecular weight excluding hydrogens is 246 g/mol. The van der Waals surface area contributed by atoms with E-state index >= 15 is 0 Å². The predicted molar refractivity (Wildman–Crippen MR) is 86.4 cm³/mol. The lowest BCUT2D eigenvalue weighted by molar-refractivity contribution is 0.340. The van der Waals surface area contributed by atoms with E-state index in [0.717, 1.165) is 24.8 Å². The molecule has 0 spiro atoms. The van der Waals surface area contributed by atoms with Crippen LogP contribution >= 0.6 is 0 Å². The van der Waals surface area contributed by atoms with Crippen LogP contribution in [-0.4, -0.2) is 11.2 Å². The zero-order chi connectivity index (χ0) is 14.4. The Labute approximate surface area is 122 Å². The summed E-state index contributed by atoms with van der Waals surface area (Å²) in [6, 6.07) is 8.61. The first-order chi connectivity index (χ1) is 9.78. The molecule has 0 saturated heterocycles. The first-order valence-corrected chi connectivity index (χ1v) is 8.00. The molecule has 0 aliphatic rings. The largest absolute Gasteiger partial charge is 0.494 e. The zero-order valence-corrected chi connectivity index (χ0v) is 13.1. The van der Waals surface area contributed by atoms with Gasteiger partial charge in [0.15, 0.2) is 0 Å². The maximum absolute atomic E-state index is 5.57. The molecule has 1 heterocycles. The maximum atomic E-state index is 5.57. The number of unbranched alkanes of at least 4 members (excludes halogenated alkanes) is 1. The first kappa shape index (κ1) is 15.0. The summed E-state index contributed by atoms with van der Waals surface area (Å²) in [5, 5.41) is 1.28. The van der Waals surface area contributed by atoms with Gasteiger partial charge in [0.2, 0.25) is 0 Å². The Morgan fingerprint density at radius 3 is 2.70 bits per heavy atom. The van der Waals surface area contributed by atoms with E-state index in [1.54, 1.807) is 0 Å². The fourth-order valence-electron chi connectivity index (χ4n) is 2.79. The van der Waals surface area contributed by atoms with Crippen LogP contribution in [0.2, 0.25) is 0 Å². The lowest BCUT2D eigenvalue weighted by Crippen LogP contribution is -2.09. The quantitative estimate of drug-likeness (QED) is 0.640. The molecular formula is C18H27NO. The Morgan fingerprint density at radius 1 is 1.15 bits per heavy atom. The van der Waals surface area contributed by atoms with Gasteiger partial charge in [0.25, 0.3) is 0 Å². The maximum Gasteiger partial charge on any atom is 0.120 e. The van der Waals surface area contributed by atoms with Crippen molar-refractivity contribution in [3.8, 4) is 5.75 Å². The summed E-state index contributed by atoms with van der Waals surface area (Å²) < 4.78 is 7.97. The molecule has 20 heavy (non-hydrogen) atoms. The number of hydrogen-bond donors (Lipinski definition) is 0. The second-order valence-corrected chi connectivity index (χ2v) is 5.54. The average molecular weight is 273 g/mol. The number of ether oxygens (including phenoxy) is 1. The Morgan fingerprint density at radius 2 is 2.00 bits per heavy atom. The molecule has 2 heteroatoms. The van der Waals surface area contributed by atoms with Crippen molar-refractivity contribution in [1.82, 2.24) is 4.57 Å². The Kier molecular flexibility index (Phi) is 5.51. The van der Waals surface area contributed by atoms with Crippen LogP contribution in [0.5, 0.6) is 5.75 Å². The number of nitrogens with zero attached hydrogens (tertiary/aromatic N) is 1. The van der Waals surface area contributed by atoms with E-state index < -0.39 is 0 Å². The molecule has 1 aromatic carbocycles.